The zero-order valence-corrected chi connectivity index (χ0v) is 13.7. The summed E-state index contributed by atoms with van der Waals surface area (Å²) in [6, 6.07) is 3.24. The molecule has 0 heterocycles. The van der Waals surface area contributed by atoms with Crippen molar-refractivity contribution >= 4 is 24.8 Å². The first-order valence-corrected chi connectivity index (χ1v) is 8.19. The molecule has 0 aliphatic heterocycles. The van der Waals surface area contributed by atoms with Gasteiger partial charge in [0.1, 0.15) is 0 Å². The summed E-state index contributed by atoms with van der Waals surface area (Å²) < 4.78 is 23.7. The summed E-state index contributed by atoms with van der Waals surface area (Å²) in [5.41, 5.74) is -0.505. The Morgan fingerprint density at radius 2 is 1.50 bits per heavy atom. The monoisotopic (exact) mass is 330 g/mol. The molecule has 8 heteroatoms. The van der Waals surface area contributed by atoms with E-state index in [-0.39, 0.29) is 16.4 Å². The highest BCUT2D eigenvalue weighted by Crippen LogP contribution is 2.50. The van der Waals surface area contributed by atoms with Gasteiger partial charge in [-0.05, 0) is 45.9 Å². The van der Waals surface area contributed by atoms with Crippen molar-refractivity contribution in [2.75, 3.05) is 0 Å². The van der Waals surface area contributed by atoms with Crippen molar-refractivity contribution in [2.45, 2.75) is 39.9 Å². The van der Waals surface area contributed by atoms with E-state index >= 15 is 0 Å². The number of hydrogen-bond donors (Lipinski definition) is 2. The Morgan fingerprint density at radius 1 is 1.00 bits per heavy atom. The van der Waals surface area contributed by atoms with Gasteiger partial charge in [-0.2, -0.15) is 0 Å². The van der Waals surface area contributed by atoms with Gasteiger partial charge in [0.15, 0.2) is 0 Å². The molecule has 0 saturated carbocycles. The topological polar surface area (TPSA) is 110 Å². The molecule has 22 heavy (non-hydrogen) atoms. The van der Waals surface area contributed by atoms with Crippen LogP contribution in [-0.4, -0.2) is 34.4 Å². The zero-order chi connectivity index (χ0) is 17.1. The molecule has 0 unspecified atom stereocenters. The highest BCUT2D eigenvalue weighted by Gasteiger charge is 2.35. The minimum atomic E-state index is -3.99. The van der Waals surface area contributed by atoms with E-state index in [4.69, 9.17) is 14.2 Å². The lowest BCUT2D eigenvalue weighted by atomic mass is 10.1. The number of carboxylic acids is 2. The van der Waals surface area contributed by atoms with Crippen LogP contribution in [0.4, 0.5) is 0 Å². The highest BCUT2D eigenvalue weighted by molar-refractivity contribution is 7.62. The predicted molar refractivity (Wildman–Crippen MR) is 80.0 cm³/mol. The van der Waals surface area contributed by atoms with Gasteiger partial charge in [-0.3, -0.25) is 4.57 Å². The van der Waals surface area contributed by atoms with Crippen molar-refractivity contribution in [1.82, 2.24) is 0 Å². The molecule has 0 bridgehead atoms. The van der Waals surface area contributed by atoms with Gasteiger partial charge < -0.3 is 19.3 Å². The van der Waals surface area contributed by atoms with Crippen LogP contribution < -0.4 is 5.30 Å². The minimum Gasteiger partial charge on any atom is -0.478 e. The molecule has 0 spiro atoms. The predicted octanol–water partition coefficient (Wildman–Crippen LogP) is 2.75. The average Bonchev–Trinajstić information content (AvgIpc) is 2.35. The molecule has 7 nitrogen and oxygen atoms in total. The van der Waals surface area contributed by atoms with Crippen LogP contribution in [0.5, 0.6) is 0 Å². The first-order valence-electron chi connectivity index (χ1n) is 6.65. The number of carbonyl (C=O) groups is 2. The summed E-state index contributed by atoms with van der Waals surface area (Å²) in [6.45, 7) is 6.49. The van der Waals surface area contributed by atoms with Crippen LogP contribution in [0.25, 0.3) is 0 Å². The van der Waals surface area contributed by atoms with Gasteiger partial charge in [0, 0.05) is 0 Å². The summed E-state index contributed by atoms with van der Waals surface area (Å²) >= 11 is 0. The van der Waals surface area contributed by atoms with E-state index in [1.54, 1.807) is 27.7 Å². The minimum absolute atomic E-state index is 0.195. The second kappa shape index (κ2) is 7.05. The molecular formula is C14H19O7P. The van der Waals surface area contributed by atoms with Crippen molar-refractivity contribution in [3.05, 3.63) is 29.3 Å². The van der Waals surface area contributed by atoms with Gasteiger partial charge in [0.25, 0.3) is 0 Å². The van der Waals surface area contributed by atoms with Crippen molar-refractivity contribution in [2.24, 2.45) is 0 Å². The van der Waals surface area contributed by atoms with Crippen molar-refractivity contribution in [1.29, 1.82) is 0 Å². The summed E-state index contributed by atoms with van der Waals surface area (Å²) in [6.07, 6.45) is -1.00. The van der Waals surface area contributed by atoms with Crippen LogP contribution in [0.15, 0.2) is 18.2 Å². The molecule has 1 rings (SSSR count). The number of hydrogen-bond acceptors (Lipinski definition) is 5. The molecule has 0 radical (unpaired) electrons. The molecule has 0 aliphatic rings. The van der Waals surface area contributed by atoms with Gasteiger partial charge in [-0.1, -0.05) is 0 Å². The first-order chi connectivity index (χ1) is 10.1. The van der Waals surface area contributed by atoms with E-state index in [0.29, 0.717) is 0 Å². The lowest BCUT2D eigenvalue weighted by molar-refractivity contribution is 0.0681. The number of aromatic carboxylic acids is 2. The fraction of sp³-hybridized carbons (Fsp3) is 0.429. The molecule has 2 N–H and O–H groups in total. The number of benzene rings is 1. The van der Waals surface area contributed by atoms with Gasteiger partial charge in [-0.25, -0.2) is 9.59 Å². The molecule has 0 saturated heterocycles. The van der Waals surface area contributed by atoms with Gasteiger partial charge >= 0.3 is 19.5 Å². The molecule has 1 aromatic carbocycles. The highest BCUT2D eigenvalue weighted by atomic mass is 31.2. The lowest BCUT2D eigenvalue weighted by Gasteiger charge is -2.24. The fourth-order valence-corrected chi connectivity index (χ4v) is 3.92. The Kier molecular flexibility index (Phi) is 5.88. The van der Waals surface area contributed by atoms with Gasteiger partial charge in [-0.15, -0.1) is 0 Å². The first kappa shape index (κ1) is 18.4. The van der Waals surface area contributed by atoms with E-state index in [1.807, 2.05) is 0 Å². The molecular weight excluding hydrogens is 311 g/mol. The third-order valence-electron chi connectivity index (χ3n) is 2.47. The SMILES string of the molecule is CC(C)OP(=O)(OC(C)C)c1cc(C(=O)O)ccc1C(=O)O. The third kappa shape index (κ3) is 4.40. The van der Waals surface area contributed by atoms with Crippen molar-refractivity contribution in [3.8, 4) is 0 Å². The van der Waals surface area contributed by atoms with Crippen LogP contribution in [0.2, 0.25) is 0 Å². The maximum Gasteiger partial charge on any atom is 0.362 e. The molecule has 0 fully saturated rings. The number of carboxylic acid groups (broad SMARTS) is 2. The lowest BCUT2D eigenvalue weighted by Crippen LogP contribution is -2.23. The smallest absolute Gasteiger partial charge is 0.362 e. The second-order valence-corrected chi connectivity index (χ2v) is 7.05. The van der Waals surface area contributed by atoms with Crippen LogP contribution in [0.1, 0.15) is 48.4 Å². The fourth-order valence-electron chi connectivity index (χ4n) is 1.77. The average molecular weight is 330 g/mol. The largest absolute Gasteiger partial charge is 0.478 e. The maximum absolute atomic E-state index is 13.0. The molecule has 1 aromatic rings. The quantitative estimate of drug-likeness (QED) is 0.740. The van der Waals surface area contributed by atoms with Gasteiger partial charge in [0.05, 0.1) is 28.6 Å². The van der Waals surface area contributed by atoms with Crippen molar-refractivity contribution < 1.29 is 33.4 Å². The normalized spacial score (nSPS) is 11.9. The van der Waals surface area contributed by atoms with E-state index in [9.17, 15) is 19.3 Å². The maximum atomic E-state index is 13.0. The molecule has 0 aliphatic carbocycles. The Labute approximate surface area is 128 Å². The Morgan fingerprint density at radius 3 is 1.86 bits per heavy atom. The van der Waals surface area contributed by atoms with E-state index in [2.05, 4.69) is 0 Å². The van der Waals surface area contributed by atoms with Crippen LogP contribution in [0, 0.1) is 0 Å². The van der Waals surface area contributed by atoms with Gasteiger partial charge in [0.2, 0.25) is 0 Å². The van der Waals surface area contributed by atoms with Crippen LogP contribution >= 0.6 is 7.60 Å². The number of rotatable bonds is 7. The van der Waals surface area contributed by atoms with Crippen LogP contribution in [-0.2, 0) is 13.6 Å². The Balaban J connectivity index is 3.56. The molecule has 0 amide bonds. The molecule has 0 atom stereocenters. The van der Waals surface area contributed by atoms with Crippen molar-refractivity contribution in [3.63, 3.8) is 0 Å². The second-order valence-electron chi connectivity index (χ2n) is 5.15. The van der Waals surface area contributed by atoms with E-state index in [0.717, 1.165) is 18.2 Å². The van der Waals surface area contributed by atoms with E-state index in [1.165, 1.54) is 0 Å². The summed E-state index contributed by atoms with van der Waals surface area (Å²) in [7, 11) is -3.99. The summed E-state index contributed by atoms with van der Waals surface area (Å²) in [5.74, 6) is -2.61. The van der Waals surface area contributed by atoms with E-state index < -0.39 is 31.7 Å². The summed E-state index contributed by atoms with van der Waals surface area (Å²) in [4.78, 5) is 22.4. The summed E-state index contributed by atoms with van der Waals surface area (Å²) in [5, 5.41) is 18.0. The molecule has 0 aromatic heterocycles. The Bertz CT molecular complexity index is 608. The zero-order valence-electron chi connectivity index (χ0n) is 12.8. The third-order valence-corrected chi connectivity index (χ3v) is 4.83. The van der Waals surface area contributed by atoms with Crippen LogP contribution in [0.3, 0.4) is 0 Å². The Hall–Kier alpha value is -1.69. The standard InChI is InChI=1S/C14H19O7P/c1-8(2)20-22(19,21-9(3)4)12-7-10(13(15)16)5-6-11(12)14(17)18/h5-9H,1-4H3,(H,15,16)(H,17,18). The molecule has 122 valence electrons.